The van der Waals surface area contributed by atoms with Crippen molar-refractivity contribution >= 4 is 6.29 Å². The number of aryl methyl sites for hydroxylation is 1. The van der Waals surface area contributed by atoms with Gasteiger partial charge in [0, 0.05) is 12.5 Å². The molecular weight excluding hydrogens is 166 g/mol. The van der Waals surface area contributed by atoms with E-state index in [-0.39, 0.29) is 5.69 Å². The van der Waals surface area contributed by atoms with Crippen molar-refractivity contribution in [3.05, 3.63) is 17.5 Å². The minimum atomic E-state index is 0.269. The third-order valence-corrected chi connectivity index (χ3v) is 1.94. The molecule has 0 aliphatic heterocycles. The maximum atomic E-state index is 10.1. The molecule has 0 saturated carbocycles. The summed E-state index contributed by atoms with van der Waals surface area (Å²) in [5.41, 5.74) is 0.269. The molecule has 0 aliphatic rings. The van der Waals surface area contributed by atoms with Crippen molar-refractivity contribution in [2.75, 3.05) is 0 Å². The molecule has 1 radical (unpaired) electrons. The van der Waals surface area contributed by atoms with Gasteiger partial charge in [-0.2, -0.15) is 0 Å². The fourth-order valence-electron chi connectivity index (χ4n) is 1.20. The number of hydrogen-bond donors (Lipinski definition) is 0. The summed E-state index contributed by atoms with van der Waals surface area (Å²) in [4.78, 5) is 10.1. The molecule has 71 valence electrons. The van der Waals surface area contributed by atoms with Gasteiger partial charge in [0.05, 0.1) is 0 Å². The Morgan fingerprint density at radius 2 is 2.31 bits per heavy atom. The van der Waals surface area contributed by atoms with Crippen LogP contribution in [0.3, 0.4) is 0 Å². The first-order valence-electron chi connectivity index (χ1n) is 4.70. The Kier molecular flexibility index (Phi) is 4.23. The van der Waals surface area contributed by atoms with Crippen molar-refractivity contribution < 1.29 is 9.32 Å². The molecule has 0 spiro atoms. The Morgan fingerprint density at radius 3 is 2.92 bits per heavy atom. The van der Waals surface area contributed by atoms with E-state index in [2.05, 4.69) is 12.1 Å². The number of carbonyl (C=O) groups excluding carboxylic acids is 1. The van der Waals surface area contributed by atoms with Crippen LogP contribution in [0.4, 0.5) is 0 Å². The predicted molar refractivity (Wildman–Crippen MR) is 49.1 cm³/mol. The first-order chi connectivity index (χ1) is 6.36. The largest absolute Gasteiger partial charge is 0.361 e. The lowest BCUT2D eigenvalue weighted by Crippen LogP contribution is -1.82. The number of unbranched alkanes of at least 4 members (excludes halogenated alkanes) is 3. The van der Waals surface area contributed by atoms with Gasteiger partial charge in [-0.15, -0.1) is 0 Å². The topological polar surface area (TPSA) is 43.1 Å². The van der Waals surface area contributed by atoms with Crippen LogP contribution >= 0.6 is 0 Å². The lowest BCUT2D eigenvalue weighted by molar-refractivity contribution is 0.377. The molecule has 0 aromatic carbocycles. The molecule has 0 saturated heterocycles. The maximum Gasteiger partial charge on any atom is 0.257 e. The average Bonchev–Trinajstić information content (AvgIpc) is 2.60. The van der Waals surface area contributed by atoms with Gasteiger partial charge in [0.1, 0.15) is 5.76 Å². The first-order valence-corrected chi connectivity index (χ1v) is 4.70. The monoisotopic (exact) mass is 180 g/mol. The van der Waals surface area contributed by atoms with Gasteiger partial charge in [0.25, 0.3) is 6.29 Å². The summed E-state index contributed by atoms with van der Waals surface area (Å²) in [5.74, 6) is 0.787. The van der Waals surface area contributed by atoms with Crippen molar-refractivity contribution in [2.45, 2.75) is 39.0 Å². The van der Waals surface area contributed by atoms with Crippen LogP contribution in [0.15, 0.2) is 10.6 Å². The molecule has 0 aliphatic carbocycles. The second-order valence-corrected chi connectivity index (χ2v) is 3.09. The van der Waals surface area contributed by atoms with Crippen molar-refractivity contribution in [1.29, 1.82) is 0 Å². The molecule has 1 rings (SSSR count). The Bertz CT molecular complexity index is 255. The molecular formula is C10H14NO2. The van der Waals surface area contributed by atoms with E-state index in [4.69, 9.17) is 4.52 Å². The Morgan fingerprint density at radius 1 is 1.46 bits per heavy atom. The highest BCUT2D eigenvalue weighted by Crippen LogP contribution is 2.08. The van der Waals surface area contributed by atoms with Gasteiger partial charge < -0.3 is 4.52 Å². The van der Waals surface area contributed by atoms with E-state index in [0.29, 0.717) is 0 Å². The predicted octanol–water partition coefficient (Wildman–Crippen LogP) is 2.26. The van der Waals surface area contributed by atoms with Gasteiger partial charge in [-0.1, -0.05) is 31.3 Å². The summed E-state index contributed by atoms with van der Waals surface area (Å²) in [6.45, 7) is 2.17. The maximum absolute atomic E-state index is 10.1. The molecule has 0 atom stereocenters. The third-order valence-electron chi connectivity index (χ3n) is 1.94. The Labute approximate surface area is 78.1 Å². The van der Waals surface area contributed by atoms with Crippen molar-refractivity contribution in [2.24, 2.45) is 0 Å². The fraction of sp³-hybridized carbons (Fsp3) is 0.600. The molecule has 0 bridgehead atoms. The highest BCUT2D eigenvalue weighted by molar-refractivity contribution is 5.71. The van der Waals surface area contributed by atoms with Gasteiger partial charge in [0.2, 0.25) is 0 Å². The summed E-state index contributed by atoms with van der Waals surface area (Å²) in [5, 5.41) is 3.53. The van der Waals surface area contributed by atoms with E-state index < -0.39 is 0 Å². The SMILES string of the molecule is CCCCCCc1cc([C]=O)no1. The third kappa shape index (κ3) is 3.40. The van der Waals surface area contributed by atoms with Crippen LogP contribution in [-0.4, -0.2) is 11.4 Å². The minimum Gasteiger partial charge on any atom is -0.361 e. The van der Waals surface area contributed by atoms with Crippen LogP contribution in [0.25, 0.3) is 0 Å². The minimum absolute atomic E-state index is 0.269. The zero-order valence-corrected chi connectivity index (χ0v) is 7.88. The van der Waals surface area contributed by atoms with Gasteiger partial charge in [0.15, 0.2) is 5.69 Å². The van der Waals surface area contributed by atoms with Crippen molar-refractivity contribution in [3.63, 3.8) is 0 Å². The fourth-order valence-corrected chi connectivity index (χ4v) is 1.20. The highest BCUT2D eigenvalue weighted by atomic mass is 16.5. The molecule has 0 N–H and O–H groups in total. The van der Waals surface area contributed by atoms with Gasteiger partial charge in [-0.05, 0) is 6.42 Å². The zero-order valence-electron chi connectivity index (χ0n) is 7.88. The van der Waals surface area contributed by atoms with E-state index in [1.165, 1.54) is 19.3 Å². The Hall–Kier alpha value is -1.12. The van der Waals surface area contributed by atoms with Crippen LogP contribution in [-0.2, 0) is 11.2 Å². The van der Waals surface area contributed by atoms with E-state index in [1.807, 2.05) is 0 Å². The smallest absolute Gasteiger partial charge is 0.257 e. The van der Waals surface area contributed by atoms with Crippen LogP contribution in [0.1, 0.15) is 44.1 Å². The van der Waals surface area contributed by atoms with E-state index in [0.717, 1.165) is 18.6 Å². The molecule has 3 nitrogen and oxygen atoms in total. The zero-order chi connectivity index (χ0) is 9.52. The number of hydrogen-bond acceptors (Lipinski definition) is 3. The van der Waals surface area contributed by atoms with Gasteiger partial charge in [-0.25, -0.2) is 0 Å². The van der Waals surface area contributed by atoms with Gasteiger partial charge >= 0.3 is 0 Å². The summed E-state index contributed by atoms with van der Waals surface area (Å²) >= 11 is 0. The molecule has 1 aromatic heterocycles. The average molecular weight is 180 g/mol. The molecule has 3 heteroatoms. The van der Waals surface area contributed by atoms with Crippen LogP contribution in [0.5, 0.6) is 0 Å². The van der Waals surface area contributed by atoms with E-state index >= 15 is 0 Å². The van der Waals surface area contributed by atoms with Crippen molar-refractivity contribution in [3.8, 4) is 0 Å². The van der Waals surface area contributed by atoms with Crippen molar-refractivity contribution in [1.82, 2.24) is 5.16 Å². The normalized spacial score (nSPS) is 10.2. The lowest BCUT2D eigenvalue weighted by Gasteiger charge is -1.94. The lowest BCUT2D eigenvalue weighted by atomic mass is 10.1. The first kappa shape index (κ1) is 9.96. The van der Waals surface area contributed by atoms with Crippen LogP contribution < -0.4 is 0 Å². The molecule has 0 unspecified atom stereocenters. The number of nitrogens with zero attached hydrogens (tertiary/aromatic N) is 1. The van der Waals surface area contributed by atoms with Crippen LogP contribution in [0.2, 0.25) is 0 Å². The molecule has 0 fully saturated rings. The second-order valence-electron chi connectivity index (χ2n) is 3.09. The second kappa shape index (κ2) is 5.51. The molecule has 13 heavy (non-hydrogen) atoms. The Balaban J connectivity index is 2.24. The summed E-state index contributed by atoms with van der Waals surface area (Å²) in [7, 11) is 0. The van der Waals surface area contributed by atoms with Crippen LogP contribution in [0, 0.1) is 0 Å². The number of aromatic nitrogens is 1. The highest BCUT2D eigenvalue weighted by Gasteiger charge is 2.02. The van der Waals surface area contributed by atoms with Gasteiger partial charge in [-0.3, -0.25) is 4.79 Å². The number of rotatable bonds is 6. The molecule has 1 heterocycles. The molecule has 0 amide bonds. The molecule has 1 aromatic rings. The summed E-state index contributed by atoms with van der Waals surface area (Å²) in [6, 6.07) is 1.65. The standard InChI is InChI=1S/C10H14NO2/c1-2-3-4-5-6-10-7-9(8-12)11-13-10/h7H,2-6H2,1H3. The summed E-state index contributed by atoms with van der Waals surface area (Å²) in [6.07, 6.45) is 7.34. The van der Waals surface area contributed by atoms with E-state index in [9.17, 15) is 4.79 Å². The van der Waals surface area contributed by atoms with E-state index in [1.54, 1.807) is 12.4 Å². The summed E-state index contributed by atoms with van der Waals surface area (Å²) < 4.78 is 4.92. The quantitative estimate of drug-likeness (QED) is 0.630.